The van der Waals surface area contributed by atoms with E-state index in [2.05, 4.69) is 30.3 Å². The maximum absolute atomic E-state index is 13.2. The molecular formula is C26H25NO3S. The topological polar surface area (TPSA) is 46.6 Å². The van der Waals surface area contributed by atoms with E-state index < -0.39 is 0 Å². The van der Waals surface area contributed by atoms with E-state index in [1.165, 1.54) is 21.6 Å². The normalized spacial score (nSPS) is 15.8. The van der Waals surface area contributed by atoms with Gasteiger partial charge < -0.3 is 9.64 Å². The molecule has 0 unspecified atom stereocenters. The molecule has 1 amide bonds. The van der Waals surface area contributed by atoms with Crippen molar-refractivity contribution in [3.05, 3.63) is 76.2 Å². The van der Waals surface area contributed by atoms with Gasteiger partial charge in [-0.05, 0) is 72.7 Å². The first kappa shape index (κ1) is 20.0. The molecule has 4 nitrogen and oxygen atoms in total. The van der Waals surface area contributed by atoms with Crippen molar-refractivity contribution in [1.29, 1.82) is 0 Å². The highest BCUT2D eigenvalue weighted by molar-refractivity contribution is 7.17. The van der Waals surface area contributed by atoms with Gasteiger partial charge in [0.2, 0.25) is 0 Å². The third-order valence-corrected chi connectivity index (χ3v) is 7.67. The van der Waals surface area contributed by atoms with Crippen LogP contribution in [0.2, 0.25) is 0 Å². The minimum Gasteiger partial charge on any atom is -0.497 e. The Kier molecular flexibility index (Phi) is 5.36. The first-order valence-electron chi connectivity index (χ1n) is 10.8. The van der Waals surface area contributed by atoms with Gasteiger partial charge in [-0.2, -0.15) is 0 Å². The van der Waals surface area contributed by atoms with Gasteiger partial charge in [0, 0.05) is 29.4 Å². The number of methoxy groups -OCH3 is 1. The van der Waals surface area contributed by atoms with Crippen LogP contribution in [0.3, 0.4) is 0 Å². The predicted molar refractivity (Wildman–Crippen MR) is 123 cm³/mol. The van der Waals surface area contributed by atoms with E-state index in [0.29, 0.717) is 25.9 Å². The minimum atomic E-state index is -0.0270. The molecular weight excluding hydrogens is 406 g/mol. The lowest BCUT2D eigenvalue weighted by atomic mass is 9.88. The number of benzene rings is 2. The third kappa shape index (κ3) is 3.79. The zero-order valence-electron chi connectivity index (χ0n) is 17.6. The zero-order valence-corrected chi connectivity index (χ0v) is 18.4. The summed E-state index contributed by atoms with van der Waals surface area (Å²) < 4.78 is 5.17. The number of rotatable bonds is 4. The maximum atomic E-state index is 13.2. The number of ketones is 1. The first-order valence-corrected chi connectivity index (χ1v) is 11.6. The molecule has 0 N–H and O–H groups in total. The van der Waals surface area contributed by atoms with Crippen molar-refractivity contribution in [2.45, 2.75) is 25.7 Å². The highest BCUT2D eigenvalue weighted by Crippen LogP contribution is 2.40. The van der Waals surface area contributed by atoms with E-state index in [1.807, 2.05) is 29.2 Å². The summed E-state index contributed by atoms with van der Waals surface area (Å²) in [5, 5.41) is 0. The second-order valence-electron chi connectivity index (χ2n) is 8.28. The molecule has 2 aromatic carbocycles. The van der Waals surface area contributed by atoms with Gasteiger partial charge in [-0.1, -0.05) is 24.3 Å². The monoisotopic (exact) mass is 431 g/mol. The van der Waals surface area contributed by atoms with Gasteiger partial charge >= 0.3 is 0 Å². The van der Waals surface area contributed by atoms with Crippen molar-refractivity contribution in [2.24, 2.45) is 5.92 Å². The second kappa shape index (κ2) is 8.31. The van der Waals surface area contributed by atoms with Crippen LogP contribution in [0.4, 0.5) is 0 Å². The molecule has 5 rings (SSSR count). The Morgan fingerprint density at radius 1 is 0.968 bits per heavy atom. The Morgan fingerprint density at radius 2 is 1.68 bits per heavy atom. The number of aryl methyl sites for hydroxylation is 2. The van der Waals surface area contributed by atoms with Crippen LogP contribution in [-0.4, -0.2) is 36.8 Å². The molecule has 2 aliphatic rings. The van der Waals surface area contributed by atoms with E-state index >= 15 is 0 Å². The predicted octanol–water partition coefficient (Wildman–Crippen LogP) is 5.26. The Bertz CT molecular complexity index is 1120. The smallest absolute Gasteiger partial charge is 0.263 e. The molecule has 158 valence electrons. The van der Waals surface area contributed by atoms with Crippen LogP contribution in [0.5, 0.6) is 5.75 Å². The summed E-state index contributed by atoms with van der Waals surface area (Å²) in [6, 6.07) is 17.9. The number of thiophene rings is 1. The summed E-state index contributed by atoms with van der Waals surface area (Å²) >= 11 is 1.62. The number of carbonyl (C=O) groups is 2. The summed E-state index contributed by atoms with van der Waals surface area (Å²) in [6.07, 6.45) is 3.45. The average molecular weight is 432 g/mol. The van der Waals surface area contributed by atoms with Crippen molar-refractivity contribution >= 4 is 23.0 Å². The number of amides is 1. The summed E-state index contributed by atoms with van der Waals surface area (Å²) in [6.45, 7) is 1.26. The molecule has 1 saturated heterocycles. The van der Waals surface area contributed by atoms with E-state index in [0.717, 1.165) is 29.0 Å². The molecule has 1 aromatic heterocycles. The summed E-state index contributed by atoms with van der Waals surface area (Å²) in [7, 11) is 1.62. The van der Waals surface area contributed by atoms with Crippen LogP contribution in [-0.2, 0) is 12.8 Å². The molecule has 5 heteroatoms. The maximum Gasteiger partial charge on any atom is 0.263 e. The van der Waals surface area contributed by atoms with Crippen molar-refractivity contribution in [3.63, 3.8) is 0 Å². The molecule has 31 heavy (non-hydrogen) atoms. The standard InChI is InChI=1S/C26H25NO3S/c1-30-21-10-8-18(9-11-21)24(28)19-12-14-27(15-13-19)26(29)23-16-20-7-6-17-4-2-3-5-22(17)25(20)31-23/h2-5,8-11,16,19H,6-7,12-15H2,1H3. The van der Waals surface area contributed by atoms with Gasteiger partial charge in [0.15, 0.2) is 5.78 Å². The van der Waals surface area contributed by atoms with E-state index in [-0.39, 0.29) is 17.6 Å². The molecule has 0 radical (unpaired) electrons. The lowest BCUT2D eigenvalue weighted by Crippen LogP contribution is -2.40. The fourth-order valence-electron chi connectivity index (χ4n) is 4.67. The Hall–Kier alpha value is -2.92. The fraction of sp³-hybridized carbons (Fsp3) is 0.308. The van der Waals surface area contributed by atoms with Gasteiger partial charge in [-0.25, -0.2) is 0 Å². The number of carbonyl (C=O) groups excluding carboxylic acids is 2. The molecule has 1 aliphatic carbocycles. The van der Waals surface area contributed by atoms with E-state index in [9.17, 15) is 9.59 Å². The number of ether oxygens (including phenoxy) is 1. The molecule has 3 aromatic rings. The van der Waals surface area contributed by atoms with Crippen LogP contribution >= 0.6 is 11.3 Å². The van der Waals surface area contributed by atoms with E-state index in [4.69, 9.17) is 4.74 Å². The number of hydrogen-bond acceptors (Lipinski definition) is 4. The Morgan fingerprint density at radius 3 is 2.42 bits per heavy atom. The number of piperidine rings is 1. The Balaban J connectivity index is 1.26. The molecule has 0 spiro atoms. The number of nitrogens with zero attached hydrogens (tertiary/aromatic N) is 1. The van der Waals surface area contributed by atoms with Crippen LogP contribution in [0.25, 0.3) is 10.4 Å². The molecule has 0 saturated carbocycles. The first-order chi connectivity index (χ1) is 15.1. The van der Waals surface area contributed by atoms with Gasteiger partial charge in [0.1, 0.15) is 5.75 Å². The van der Waals surface area contributed by atoms with E-state index in [1.54, 1.807) is 18.4 Å². The number of likely N-dealkylation sites (tertiary alicyclic amines) is 1. The highest BCUT2D eigenvalue weighted by Gasteiger charge is 2.30. The van der Waals surface area contributed by atoms with Crippen molar-refractivity contribution in [3.8, 4) is 16.2 Å². The summed E-state index contributed by atoms with van der Waals surface area (Å²) in [5.74, 6) is 0.990. The zero-order chi connectivity index (χ0) is 21.4. The van der Waals surface area contributed by atoms with Gasteiger partial charge in [0.25, 0.3) is 5.91 Å². The van der Waals surface area contributed by atoms with Crippen molar-refractivity contribution in [1.82, 2.24) is 4.90 Å². The second-order valence-corrected chi connectivity index (χ2v) is 9.33. The molecule has 2 heterocycles. The number of hydrogen-bond donors (Lipinski definition) is 0. The molecule has 1 aliphatic heterocycles. The van der Waals surface area contributed by atoms with Crippen LogP contribution < -0.4 is 4.74 Å². The summed E-state index contributed by atoms with van der Waals surface area (Å²) in [5.41, 5.74) is 4.65. The lowest BCUT2D eigenvalue weighted by Gasteiger charge is -2.31. The van der Waals surface area contributed by atoms with Crippen LogP contribution in [0.1, 0.15) is 44.0 Å². The third-order valence-electron chi connectivity index (χ3n) is 6.47. The summed E-state index contributed by atoms with van der Waals surface area (Å²) in [4.78, 5) is 30.0. The van der Waals surface area contributed by atoms with Gasteiger partial charge in [-0.3, -0.25) is 9.59 Å². The lowest BCUT2D eigenvalue weighted by molar-refractivity contribution is 0.0654. The SMILES string of the molecule is COc1ccc(C(=O)C2CCN(C(=O)c3cc4c(s3)-c3ccccc3CC4)CC2)cc1. The number of Topliss-reactive ketones (excluding diaryl/α,β-unsaturated/α-hetero) is 1. The molecule has 1 fully saturated rings. The molecule has 0 bridgehead atoms. The van der Waals surface area contributed by atoms with Crippen molar-refractivity contribution in [2.75, 3.05) is 20.2 Å². The average Bonchev–Trinajstić information content (AvgIpc) is 3.28. The fourth-order valence-corrected chi connectivity index (χ4v) is 5.91. The van der Waals surface area contributed by atoms with Gasteiger partial charge in [0.05, 0.1) is 12.0 Å². The van der Waals surface area contributed by atoms with Gasteiger partial charge in [-0.15, -0.1) is 11.3 Å². The largest absolute Gasteiger partial charge is 0.497 e. The highest BCUT2D eigenvalue weighted by atomic mass is 32.1. The van der Waals surface area contributed by atoms with Crippen LogP contribution in [0.15, 0.2) is 54.6 Å². The number of fused-ring (bicyclic) bond motifs is 3. The quantitative estimate of drug-likeness (QED) is 0.530. The minimum absolute atomic E-state index is 0.0270. The van der Waals surface area contributed by atoms with Crippen LogP contribution in [0, 0.1) is 5.92 Å². The Labute approximate surface area is 186 Å². The van der Waals surface area contributed by atoms with Crippen molar-refractivity contribution < 1.29 is 14.3 Å². The molecule has 0 atom stereocenters.